The molecule has 2 aromatic carbocycles. The second-order valence-corrected chi connectivity index (χ2v) is 12.0. The zero-order valence-corrected chi connectivity index (χ0v) is 21.9. The first kappa shape index (κ1) is 26.6. The van der Waals surface area contributed by atoms with Crippen LogP contribution in [0, 0.1) is 5.82 Å². The molecule has 0 aliphatic heterocycles. The third-order valence-electron chi connectivity index (χ3n) is 5.48. The monoisotopic (exact) mass is 583 g/mol. The first-order chi connectivity index (χ1) is 16.8. The van der Waals surface area contributed by atoms with Crippen LogP contribution in [-0.4, -0.2) is 19.4 Å². The number of rotatable bonds is 6. The molecule has 0 spiro atoms. The van der Waals surface area contributed by atoms with Crippen LogP contribution >= 0.6 is 15.9 Å². The molecular formula is C25H22BrF4N3O2S. The van der Waals surface area contributed by atoms with Gasteiger partial charge in [-0.3, -0.25) is 0 Å². The van der Waals surface area contributed by atoms with Crippen molar-refractivity contribution in [2.75, 3.05) is 0 Å². The summed E-state index contributed by atoms with van der Waals surface area (Å²) in [6.07, 6.45) is -4.47. The van der Waals surface area contributed by atoms with Gasteiger partial charge < -0.3 is 9.08 Å². The van der Waals surface area contributed by atoms with Crippen LogP contribution in [0.1, 0.15) is 43.6 Å². The highest BCUT2D eigenvalue weighted by Crippen LogP contribution is 2.38. The summed E-state index contributed by atoms with van der Waals surface area (Å²) in [5, 5.41) is 4.44. The topological polar surface area (TPSA) is 74.0 Å². The van der Waals surface area contributed by atoms with Crippen molar-refractivity contribution in [2.45, 2.75) is 44.2 Å². The van der Waals surface area contributed by atoms with E-state index in [4.69, 9.17) is 4.52 Å². The standard InChI is InChI=1S/C25H22BrF4N3O2S/c1-24(2,3)36(34)33-19(13-20-18(27)10-11-22(26)31-20)15-6-4-5-7-16(15)23-17-9-8-14(25(28,29)30)12-21(17)35-32-23/h4-12,19,33H,13H2,1-3H3/t19-,36-/m0/s1. The first-order valence-electron chi connectivity index (χ1n) is 10.9. The Morgan fingerprint density at radius 3 is 2.50 bits per heavy atom. The van der Waals surface area contributed by atoms with E-state index >= 15 is 0 Å². The molecule has 2 atom stereocenters. The number of halogens is 5. The quantitative estimate of drug-likeness (QED) is 0.148. The molecule has 0 aliphatic rings. The summed E-state index contributed by atoms with van der Waals surface area (Å²) in [6, 6.07) is 12.3. The fourth-order valence-electron chi connectivity index (χ4n) is 3.64. The number of nitrogens with zero attached hydrogens (tertiary/aromatic N) is 2. The van der Waals surface area contributed by atoms with Crippen molar-refractivity contribution < 1.29 is 26.6 Å². The second-order valence-electron chi connectivity index (χ2n) is 9.15. The van der Waals surface area contributed by atoms with Gasteiger partial charge >= 0.3 is 6.18 Å². The summed E-state index contributed by atoms with van der Waals surface area (Å²) >= 11 is 1.73. The molecule has 1 N–H and O–H groups in total. The predicted molar refractivity (Wildman–Crippen MR) is 134 cm³/mol. The maximum atomic E-state index is 14.6. The SMILES string of the molecule is CC(C)(C)[S@+]([O-])N[C@@H](Cc1nc(Br)ccc1F)c1ccccc1-c1noc2cc(C(F)(F)F)ccc12. The Balaban J connectivity index is 1.82. The highest BCUT2D eigenvalue weighted by Gasteiger charge is 2.33. The van der Waals surface area contributed by atoms with Crippen LogP contribution in [0.25, 0.3) is 22.2 Å². The lowest BCUT2D eigenvalue weighted by Gasteiger charge is -2.29. The highest BCUT2D eigenvalue weighted by atomic mass is 79.9. The van der Waals surface area contributed by atoms with Crippen LogP contribution < -0.4 is 4.72 Å². The Kier molecular flexibility index (Phi) is 7.47. The van der Waals surface area contributed by atoms with Gasteiger partial charge in [0.2, 0.25) is 0 Å². The van der Waals surface area contributed by atoms with E-state index in [1.807, 2.05) is 0 Å². The smallest absolute Gasteiger partial charge is 0.416 e. The molecule has 0 fully saturated rings. The minimum absolute atomic E-state index is 0.0166. The summed E-state index contributed by atoms with van der Waals surface area (Å²) in [5.41, 5.74) is 0.786. The summed E-state index contributed by atoms with van der Waals surface area (Å²) in [6.45, 7) is 5.42. The van der Waals surface area contributed by atoms with E-state index in [2.05, 4.69) is 30.8 Å². The maximum absolute atomic E-state index is 14.6. The molecule has 0 radical (unpaired) electrons. The average molecular weight is 584 g/mol. The molecule has 0 amide bonds. The van der Waals surface area contributed by atoms with Gasteiger partial charge in [-0.2, -0.15) is 13.2 Å². The highest BCUT2D eigenvalue weighted by molar-refractivity contribution is 9.10. The summed E-state index contributed by atoms with van der Waals surface area (Å²) in [4.78, 5) is 4.24. The molecule has 0 saturated carbocycles. The number of alkyl halides is 3. The van der Waals surface area contributed by atoms with Crippen molar-refractivity contribution in [3.8, 4) is 11.3 Å². The lowest BCUT2D eigenvalue weighted by molar-refractivity contribution is -0.137. The van der Waals surface area contributed by atoms with Crippen LogP contribution in [0.2, 0.25) is 0 Å². The number of aromatic nitrogens is 2. The molecule has 2 aromatic heterocycles. The Morgan fingerprint density at radius 1 is 1.08 bits per heavy atom. The minimum Gasteiger partial charge on any atom is -0.598 e. The molecular weight excluding hydrogens is 562 g/mol. The molecule has 0 unspecified atom stereocenters. The molecule has 0 bridgehead atoms. The van der Waals surface area contributed by atoms with Crippen LogP contribution in [0.5, 0.6) is 0 Å². The fraction of sp³-hybridized carbons (Fsp3) is 0.280. The van der Waals surface area contributed by atoms with E-state index in [1.165, 1.54) is 18.2 Å². The molecule has 190 valence electrons. The Hall–Kier alpha value is -2.47. The van der Waals surface area contributed by atoms with Gasteiger partial charge in [0, 0.05) is 28.7 Å². The Morgan fingerprint density at radius 2 is 1.81 bits per heavy atom. The third kappa shape index (κ3) is 5.74. The lowest BCUT2D eigenvalue weighted by atomic mass is 9.94. The molecule has 36 heavy (non-hydrogen) atoms. The molecule has 5 nitrogen and oxygen atoms in total. The number of hydrogen-bond donors (Lipinski definition) is 1. The molecule has 2 heterocycles. The van der Waals surface area contributed by atoms with Crippen molar-refractivity contribution in [1.29, 1.82) is 0 Å². The van der Waals surface area contributed by atoms with Crippen LogP contribution in [0.4, 0.5) is 17.6 Å². The van der Waals surface area contributed by atoms with Gasteiger partial charge in [0.25, 0.3) is 0 Å². The molecule has 0 saturated heterocycles. The van der Waals surface area contributed by atoms with Crippen molar-refractivity contribution >= 4 is 38.3 Å². The summed E-state index contributed by atoms with van der Waals surface area (Å²) in [5.74, 6) is -0.518. The van der Waals surface area contributed by atoms with Crippen LogP contribution in [0.15, 0.2) is 63.7 Å². The average Bonchev–Trinajstić information content (AvgIpc) is 3.23. The molecule has 0 aliphatic carbocycles. The van der Waals surface area contributed by atoms with Crippen LogP contribution in [0.3, 0.4) is 0 Å². The van der Waals surface area contributed by atoms with Crippen molar-refractivity contribution in [3.05, 3.63) is 81.8 Å². The lowest BCUT2D eigenvalue weighted by Crippen LogP contribution is -2.42. The zero-order valence-electron chi connectivity index (χ0n) is 19.5. The maximum Gasteiger partial charge on any atom is 0.416 e. The van der Waals surface area contributed by atoms with Gasteiger partial charge in [0.15, 0.2) is 5.58 Å². The number of hydrogen-bond acceptors (Lipinski definition) is 5. The zero-order chi connectivity index (χ0) is 26.3. The number of pyridine rings is 1. The predicted octanol–water partition coefficient (Wildman–Crippen LogP) is 7.15. The Labute approximate surface area is 216 Å². The van der Waals surface area contributed by atoms with E-state index in [9.17, 15) is 22.1 Å². The summed E-state index contributed by atoms with van der Waals surface area (Å²) < 4.78 is 75.4. The minimum atomic E-state index is -4.52. The van der Waals surface area contributed by atoms with Crippen molar-refractivity contribution in [1.82, 2.24) is 14.9 Å². The number of fused-ring (bicyclic) bond motifs is 1. The largest absolute Gasteiger partial charge is 0.598 e. The Bertz CT molecular complexity index is 1390. The van der Waals surface area contributed by atoms with Gasteiger partial charge in [0.1, 0.15) is 20.9 Å². The van der Waals surface area contributed by atoms with Gasteiger partial charge in [0.05, 0.1) is 17.3 Å². The van der Waals surface area contributed by atoms with Gasteiger partial charge in [-0.15, -0.1) is 4.72 Å². The van der Waals surface area contributed by atoms with E-state index in [-0.39, 0.29) is 17.7 Å². The third-order valence-corrected chi connectivity index (χ3v) is 7.53. The number of benzene rings is 2. The van der Waals surface area contributed by atoms with Crippen molar-refractivity contribution in [3.63, 3.8) is 0 Å². The van der Waals surface area contributed by atoms with Crippen molar-refractivity contribution in [2.24, 2.45) is 0 Å². The van der Waals surface area contributed by atoms with Gasteiger partial charge in [-0.05, 0) is 72.6 Å². The fourth-order valence-corrected chi connectivity index (χ4v) is 4.81. The molecule has 4 aromatic rings. The molecule has 11 heteroatoms. The van der Waals surface area contributed by atoms with Gasteiger partial charge in [-0.1, -0.05) is 29.4 Å². The number of nitrogens with one attached hydrogen (secondary N) is 1. The van der Waals surface area contributed by atoms with E-state index in [0.717, 1.165) is 12.1 Å². The van der Waals surface area contributed by atoms with E-state index in [1.54, 1.807) is 45.0 Å². The van der Waals surface area contributed by atoms with E-state index < -0.39 is 39.7 Å². The second kappa shape index (κ2) is 10.1. The van der Waals surface area contributed by atoms with E-state index in [0.29, 0.717) is 26.8 Å². The normalized spacial score (nSPS) is 14.2. The first-order valence-corrected chi connectivity index (χ1v) is 12.8. The molecule has 4 rings (SSSR count). The van der Waals surface area contributed by atoms with Gasteiger partial charge in [-0.25, -0.2) is 9.37 Å². The summed E-state index contributed by atoms with van der Waals surface area (Å²) in [7, 11) is 0. The van der Waals surface area contributed by atoms with Crippen LogP contribution in [-0.2, 0) is 24.0 Å².